The fourth-order valence-corrected chi connectivity index (χ4v) is 2.20. The van der Waals surface area contributed by atoms with Crippen molar-refractivity contribution < 1.29 is 22.0 Å². The number of hydrogen-bond acceptors (Lipinski definition) is 1. The maximum atomic E-state index is 12.5. The van der Waals surface area contributed by atoms with E-state index in [1.54, 1.807) is 0 Å². The van der Waals surface area contributed by atoms with Crippen molar-refractivity contribution in [3.05, 3.63) is 26.6 Å². The molecule has 0 radical (unpaired) electrons. The van der Waals surface area contributed by atoms with Crippen LogP contribution in [0.1, 0.15) is 23.4 Å². The average molecular weight is 416 g/mol. The topological polar surface area (TPSA) is 12.9 Å². The van der Waals surface area contributed by atoms with E-state index in [1.165, 1.54) is 22.6 Å². The third-order valence-corrected chi connectivity index (χ3v) is 3.17. The van der Waals surface area contributed by atoms with Crippen molar-refractivity contribution in [1.29, 1.82) is 0 Å². The summed E-state index contributed by atoms with van der Waals surface area (Å²) in [5.74, 6) is 0. The van der Waals surface area contributed by atoms with Crippen molar-refractivity contribution in [2.24, 2.45) is 0 Å². The summed E-state index contributed by atoms with van der Waals surface area (Å²) in [5, 5.41) is -0.0889. The third-order valence-electron chi connectivity index (χ3n) is 1.70. The maximum Gasteiger partial charge on any atom is 0.433 e. The largest absolute Gasteiger partial charge is 0.433 e. The number of rotatable bonds is 2. The minimum atomic E-state index is -4.73. The van der Waals surface area contributed by atoms with Crippen LogP contribution in [-0.2, 0) is 11.5 Å². The lowest BCUT2D eigenvalue weighted by Crippen LogP contribution is -2.14. The second kappa shape index (κ2) is 5.11. The van der Waals surface area contributed by atoms with Crippen LogP contribution in [0.4, 0.5) is 22.0 Å². The fourth-order valence-electron chi connectivity index (χ4n) is 1.04. The van der Waals surface area contributed by atoms with E-state index in [0.29, 0.717) is 0 Å². The summed E-state index contributed by atoms with van der Waals surface area (Å²) < 4.78 is 62.2. The van der Waals surface area contributed by atoms with E-state index in [0.717, 1.165) is 6.07 Å². The summed E-state index contributed by atoms with van der Waals surface area (Å²) in [6.45, 7) is 0. The van der Waals surface area contributed by atoms with E-state index < -0.39 is 24.0 Å². The van der Waals surface area contributed by atoms with Gasteiger partial charge < -0.3 is 0 Å². The minimum Gasteiger partial charge on any atom is -0.241 e. The highest BCUT2D eigenvalue weighted by molar-refractivity contribution is 14.1. The Morgan fingerprint density at radius 1 is 1.38 bits per heavy atom. The Morgan fingerprint density at radius 3 is 2.31 bits per heavy atom. The van der Waals surface area contributed by atoms with E-state index >= 15 is 0 Å². The Kier molecular flexibility index (Phi) is 4.49. The van der Waals surface area contributed by atoms with Crippen molar-refractivity contribution in [3.8, 4) is 0 Å². The summed E-state index contributed by atoms with van der Waals surface area (Å²) in [6.07, 6.45) is -7.74. The van der Waals surface area contributed by atoms with Gasteiger partial charge in [-0.15, -0.1) is 0 Å². The molecule has 0 atom stereocenters. The van der Waals surface area contributed by atoms with Crippen LogP contribution in [-0.4, -0.2) is 4.98 Å². The molecule has 0 aliphatic carbocycles. The number of nitrogens with zero attached hydrogens (tertiary/aromatic N) is 1. The minimum absolute atomic E-state index is 0.0232. The van der Waals surface area contributed by atoms with Gasteiger partial charge in [-0.3, -0.25) is 0 Å². The van der Waals surface area contributed by atoms with Crippen LogP contribution in [0.3, 0.4) is 0 Å². The van der Waals surface area contributed by atoms with Gasteiger partial charge in [0.25, 0.3) is 6.43 Å². The highest BCUT2D eigenvalue weighted by Crippen LogP contribution is 2.34. The van der Waals surface area contributed by atoms with Gasteiger partial charge >= 0.3 is 6.18 Å². The molecule has 0 aliphatic rings. The molecule has 1 aromatic rings. The smallest absolute Gasteiger partial charge is 0.241 e. The number of hydrogen-bond donors (Lipinski definition) is 0. The lowest BCUT2D eigenvalue weighted by molar-refractivity contribution is -0.142. The molecule has 16 heavy (non-hydrogen) atoms. The van der Waals surface area contributed by atoms with Gasteiger partial charge in [-0.2, -0.15) is 13.2 Å². The first-order valence-corrected chi connectivity index (χ1v) is 6.08. The highest BCUT2D eigenvalue weighted by atomic mass is 127. The number of aromatic nitrogens is 1. The highest BCUT2D eigenvalue weighted by Gasteiger charge is 2.36. The molecule has 0 aliphatic heterocycles. The van der Waals surface area contributed by atoms with Crippen LogP contribution in [0.25, 0.3) is 0 Å². The summed E-state index contributed by atoms with van der Waals surface area (Å²) in [4.78, 5) is 3.00. The van der Waals surface area contributed by atoms with Gasteiger partial charge in [0.1, 0.15) is 11.4 Å². The van der Waals surface area contributed by atoms with Crippen LogP contribution in [0, 0.1) is 3.57 Å². The molecule has 0 saturated carbocycles. The molecule has 1 aromatic heterocycles. The van der Waals surface area contributed by atoms with Crippen molar-refractivity contribution in [2.45, 2.75) is 17.9 Å². The van der Waals surface area contributed by atoms with Gasteiger partial charge in [0.2, 0.25) is 0 Å². The van der Waals surface area contributed by atoms with Crippen molar-refractivity contribution >= 4 is 38.5 Å². The van der Waals surface area contributed by atoms with Crippen molar-refractivity contribution in [3.63, 3.8) is 0 Å². The maximum absolute atomic E-state index is 12.5. The molecular weight excluding hydrogens is 412 g/mol. The number of halogens is 7. The standard InChI is InChI=1S/C8H4BrF5IN/c9-2-3-1-4(15)5(7(10)11)16-6(3)8(12,13)14/h1,7H,2H2. The first-order chi connectivity index (χ1) is 7.27. The Morgan fingerprint density at radius 2 is 1.94 bits per heavy atom. The van der Waals surface area contributed by atoms with E-state index in [4.69, 9.17) is 0 Å². The van der Waals surface area contributed by atoms with Crippen molar-refractivity contribution in [1.82, 2.24) is 4.98 Å². The van der Waals surface area contributed by atoms with Crippen molar-refractivity contribution in [2.75, 3.05) is 0 Å². The Balaban J connectivity index is 3.41. The molecule has 0 spiro atoms. The molecular formula is C8H4BrF5IN. The summed E-state index contributed by atoms with van der Waals surface area (Å²) in [5.41, 5.74) is -2.25. The molecule has 0 saturated heterocycles. The van der Waals surface area contributed by atoms with Gasteiger partial charge in [0, 0.05) is 8.90 Å². The predicted molar refractivity (Wildman–Crippen MR) is 59.5 cm³/mol. The quantitative estimate of drug-likeness (QED) is 0.392. The summed E-state index contributed by atoms with van der Waals surface area (Å²) >= 11 is 4.40. The third kappa shape index (κ3) is 3.02. The first-order valence-electron chi connectivity index (χ1n) is 3.88. The molecule has 8 heteroatoms. The monoisotopic (exact) mass is 415 g/mol. The van der Waals surface area contributed by atoms with E-state index in [1.807, 2.05) is 0 Å². The molecule has 0 bridgehead atoms. The molecule has 0 fully saturated rings. The lowest BCUT2D eigenvalue weighted by Gasteiger charge is -2.13. The first kappa shape index (κ1) is 14.1. The second-order valence-electron chi connectivity index (χ2n) is 2.80. The molecule has 1 nitrogen and oxygen atoms in total. The molecule has 0 amide bonds. The van der Waals surface area contributed by atoms with Gasteiger partial charge in [-0.05, 0) is 34.2 Å². The Hall–Kier alpha value is 0.01000. The van der Waals surface area contributed by atoms with Gasteiger partial charge in [-0.25, -0.2) is 13.8 Å². The second-order valence-corrected chi connectivity index (χ2v) is 4.52. The van der Waals surface area contributed by atoms with Gasteiger partial charge in [-0.1, -0.05) is 15.9 Å². The summed E-state index contributed by atoms with van der Waals surface area (Å²) in [6, 6.07) is 1.06. The zero-order valence-electron chi connectivity index (χ0n) is 7.45. The molecule has 0 N–H and O–H groups in total. The van der Waals surface area contributed by atoms with Crippen LogP contribution in [0.15, 0.2) is 6.07 Å². The Bertz CT molecular complexity index is 393. The molecule has 0 unspecified atom stereocenters. The van der Waals surface area contributed by atoms with E-state index in [-0.39, 0.29) is 14.5 Å². The van der Waals surface area contributed by atoms with E-state index in [2.05, 4.69) is 20.9 Å². The number of pyridine rings is 1. The number of alkyl halides is 6. The normalized spacial score (nSPS) is 12.2. The summed E-state index contributed by atoms with van der Waals surface area (Å²) in [7, 11) is 0. The van der Waals surface area contributed by atoms with Crippen LogP contribution in [0.5, 0.6) is 0 Å². The molecule has 90 valence electrons. The van der Waals surface area contributed by atoms with Crippen LogP contribution >= 0.6 is 38.5 Å². The Labute approximate surface area is 110 Å². The zero-order chi connectivity index (χ0) is 12.5. The lowest BCUT2D eigenvalue weighted by atomic mass is 10.2. The average Bonchev–Trinajstić information content (AvgIpc) is 2.14. The molecule has 0 aromatic carbocycles. The van der Waals surface area contributed by atoms with E-state index in [9.17, 15) is 22.0 Å². The predicted octanol–water partition coefficient (Wildman–Crippen LogP) is 4.54. The molecule has 1 heterocycles. The van der Waals surface area contributed by atoms with Gasteiger partial charge in [0.05, 0.1) is 0 Å². The zero-order valence-corrected chi connectivity index (χ0v) is 11.2. The van der Waals surface area contributed by atoms with Gasteiger partial charge in [0.15, 0.2) is 0 Å². The van der Waals surface area contributed by atoms with Crippen LogP contribution in [0.2, 0.25) is 0 Å². The fraction of sp³-hybridized carbons (Fsp3) is 0.375. The molecule has 1 rings (SSSR count). The SMILES string of the molecule is FC(F)c1nc(C(F)(F)F)c(CBr)cc1I. The van der Waals surface area contributed by atoms with Crippen LogP contribution < -0.4 is 0 Å².